The molecule has 1 heterocycles. The van der Waals surface area contributed by atoms with Crippen LogP contribution in [0.2, 0.25) is 0 Å². The van der Waals surface area contributed by atoms with Crippen molar-refractivity contribution in [3.63, 3.8) is 0 Å². The number of amides is 1. The van der Waals surface area contributed by atoms with Crippen LogP contribution in [0, 0.1) is 13.8 Å². The third-order valence-electron chi connectivity index (χ3n) is 6.61. The normalized spacial score (nSPS) is 14.3. The van der Waals surface area contributed by atoms with Crippen molar-refractivity contribution < 1.29 is 26.4 Å². The Morgan fingerprint density at radius 3 is 2.26 bits per heavy atom. The van der Waals surface area contributed by atoms with E-state index in [1.54, 1.807) is 37.3 Å². The third-order valence-corrected chi connectivity index (χ3v) is 10.3. The standard InChI is InChI=1S/C27H31N3O6S2/c1-20-10-9-13-25(21(20)2)30(38(34,35)22-11-5-4-6-12-22)19-27(31)28-24-18-23(14-15-26(24)36-3)37(32,33)29-16-7-8-17-29/h4-6,9-15,18H,7-8,16-17,19H2,1-3H3,(H,28,31). The molecule has 0 bridgehead atoms. The van der Waals surface area contributed by atoms with Gasteiger partial charge in [0.25, 0.3) is 10.0 Å². The Morgan fingerprint density at radius 1 is 0.921 bits per heavy atom. The van der Waals surface area contributed by atoms with Crippen molar-refractivity contribution in [1.82, 2.24) is 4.31 Å². The van der Waals surface area contributed by atoms with Gasteiger partial charge in [-0.1, -0.05) is 30.3 Å². The summed E-state index contributed by atoms with van der Waals surface area (Å²) in [6.45, 7) is 4.01. The van der Waals surface area contributed by atoms with Gasteiger partial charge in [0.2, 0.25) is 15.9 Å². The van der Waals surface area contributed by atoms with Crippen LogP contribution >= 0.6 is 0 Å². The Labute approximate surface area is 224 Å². The third kappa shape index (κ3) is 5.54. The minimum absolute atomic E-state index is 0.0267. The molecule has 0 spiro atoms. The second-order valence-corrected chi connectivity index (χ2v) is 12.9. The number of hydrogen-bond acceptors (Lipinski definition) is 6. The lowest BCUT2D eigenvalue weighted by Gasteiger charge is -2.26. The Balaban J connectivity index is 1.69. The summed E-state index contributed by atoms with van der Waals surface area (Å²) < 4.78 is 61.3. The maximum atomic E-state index is 13.7. The molecule has 0 atom stereocenters. The van der Waals surface area contributed by atoms with Crippen molar-refractivity contribution in [2.75, 3.05) is 36.4 Å². The van der Waals surface area contributed by atoms with Crippen LogP contribution in [0.25, 0.3) is 0 Å². The van der Waals surface area contributed by atoms with Gasteiger partial charge in [-0.2, -0.15) is 4.31 Å². The summed E-state index contributed by atoms with van der Waals surface area (Å²) in [6.07, 6.45) is 1.59. The average molecular weight is 558 g/mol. The molecule has 4 rings (SSSR count). The number of methoxy groups -OCH3 is 1. The van der Waals surface area contributed by atoms with Crippen molar-refractivity contribution in [3.05, 3.63) is 77.9 Å². The largest absolute Gasteiger partial charge is 0.495 e. The van der Waals surface area contributed by atoms with Crippen molar-refractivity contribution in [2.24, 2.45) is 0 Å². The Bertz CT molecular complexity index is 1530. The van der Waals surface area contributed by atoms with Gasteiger partial charge in [-0.3, -0.25) is 9.10 Å². The molecule has 3 aromatic rings. The molecule has 0 radical (unpaired) electrons. The number of sulfonamides is 2. The molecule has 0 unspecified atom stereocenters. The first-order chi connectivity index (χ1) is 18.1. The van der Waals surface area contributed by atoms with Gasteiger partial charge in [0.1, 0.15) is 12.3 Å². The summed E-state index contributed by atoms with van der Waals surface area (Å²) in [6, 6.07) is 17.4. The summed E-state index contributed by atoms with van der Waals surface area (Å²) in [5.74, 6) is -0.401. The van der Waals surface area contributed by atoms with Crippen molar-refractivity contribution in [2.45, 2.75) is 36.5 Å². The monoisotopic (exact) mass is 557 g/mol. The number of benzene rings is 3. The molecule has 1 amide bonds. The highest BCUT2D eigenvalue weighted by Crippen LogP contribution is 2.32. The maximum absolute atomic E-state index is 13.7. The first-order valence-electron chi connectivity index (χ1n) is 12.2. The molecule has 1 aliphatic rings. The summed E-state index contributed by atoms with van der Waals surface area (Å²) in [4.78, 5) is 13.4. The molecular formula is C27H31N3O6S2. The van der Waals surface area contributed by atoms with E-state index in [2.05, 4.69) is 5.32 Å². The van der Waals surface area contributed by atoms with Crippen LogP contribution in [-0.2, 0) is 24.8 Å². The quantitative estimate of drug-likeness (QED) is 0.427. The van der Waals surface area contributed by atoms with Gasteiger partial charge in [0.15, 0.2) is 0 Å². The van der Waals surface area contributed by atoms with E-state index in [0.717, 1.165) is 28.3 Å². The van der Waals surface area contributed by atoms with Gasteiger partial charge in [-0.05, 0) is 74.2 Å². The summed E-state index contributed by atoms with van der Waals surface area (Å²) >= 11 is 0. The zero-order valence-electron chi connectivity index (χ0n) is 21.5. The molecule has 1 N–H and O–H groups in total. The fraction of sp³-hybridized carbons (Fsp3) is 0.296. The predicted octanol–water partition coefficient (Wildman–Crippen LogP) is 3.93. The van der Waals surface area contributed by atoms with Crippen LogP contribution in [0.3, 0.4) is 0 Å². The zero-order valence-corrected chi connectivity index (χ0v) is 23.2. The van der Waals surface area contributed by atoms with Gasteiger partial charge in [0, 0.05) is 13.1 Å². The smallest absolute Gasteiger partial charge is 0.264 e. The van der Waals surface area contributed by atoms with E-state index in [9.17, 15) is 21.6 Å². The SMILES string of the molecule is COc1ccc(S(=O)(=O)N2CCCC2)cc1NC(=O)CN(c1cccc(C)c1C)S(=O)(=O)c1ccccc1. The van der Waals surface area contributed by atoms with Gasteiger partial charge in [-0.25, -0.2) is 16.8 Å². The van der Waals surface area contributed by atoms with Gasteiger partial charge < -0.3 is 10.1 Å². The van der Waals surface area contributed by atoms with Crippen LogP contribution in [-0.4, -0.2) is 53.8 Å². The average Bonchev–Trinajstić information content (AvgIpc) is 3.46. The lowest BCUT2D eigenvalue weighted by molar-refractivity contribution is -0.114. The van der Waals surface area contributed by atoms with Gasteiger partial charge in [-0.15, -0.1) is 0 Å². The number of ether oxygens (including phenoxy) is 1. The van der Waals surface area contributed by atoms with Crippen LogP contribution in [0.15, 0.2) is 76.5 Å². The van der Waals surface area contributed by atoms with E-state index in [1.165, 1.54) is 41.7 Å². The maximum Gasteiger partial charge on any atom is 0.264 e. The van der Waals surface area contributed by atoms with E-state index in [-0.39, 0.29) is 21.2 Å². The minimum atomic E-state index is -4.10. The van der Waals surface area contributed by atoms with Crippen molar-refractivity contribution in [3.8, 4) is 5.75 Å². The number of hydrogen-bond donors (Lipinski definition) is 1. The van der Waals surface area contributed by atoms with Crippen molar-refractivity contribution in [1.29, 1.82) is 0 Å². The Hall–Kier alpha value is -3.41. The highest BCUT2D eigenvalue weighted by molar-refractivity contribution is 7.92. The van der Waals surface area contributed by atoms with Crippen LogP contribution in [0.4, 0.5) is 11.4 Å². The molecule has 1 aliphatic heterocycles. The number of nitrogens with one attached hydrogen (secondary N) is 1. The summed E-state index contributed by atoms with van der Waals surface area (Å²) in [5.41, 5.74) is 2.10. The molecule has 0 aliphatic carbocycles. The van der Waals surface area contributed by atoms with Gasteiger partial charge in [0.05, 0.1) is 28.3 Å². The molecule has 0 saturated carbocycles. The van der Waals surface area contributed by atoms with E-state index < -0.39 is 32.5 Å². The molecule has 3 aromatic carbocycles. The highest BCUT2D eigenvalue weighted by atomic mass is 32.2. The second-order valence-electron chi connectivity index (χ2n) is 9.07. The fourth-order valence-electron chi connectivity index (χ4n) is 4.37. The Morgan fingerprint density at radius 2 is 1.61 bits per heavy atom. The molecule has 9 nitrogen and oxygen atoms in total. The molecule has 0 aromatic heterocycles. The second kappa shape index (κ2) is 11.1. The Kier molecular flexibility index (Phi) is 8.10. The molecule has 38 heavy (non-hydrogen) atoms. The molecule has 1 fully saturated rings. The predicted molar refractivity (Wildman–Crippen MR) is 147 cm³/mol. The minimum Gasteiger partial charge on any atom is -0.495 e. The first-order valence-corrected chi connectivity index (χ1v) is 15.1. The molecule has 11 heteroatoms. The number of carbonyl (C=O) groups is 1. The molecule has 202 valence electrons. The lowest BCUT2D eigenvalue weighted by atomic mass is 10.1. The molecular weight excluding hydrogens is 526 g/mol. The van der Waals surface area contributed by atoms with Crippen LogP contribution in [0.5, 0.6) is 5.75 Å². The topological polar surface area (TPSA) is 113 Å². The number of anilines is 2. The van der Waals surface area contributed by atoms with Crippen molar-refractivity contribution >= 4 is 37.3 Å². The van der Waals surface area contributed by atoms with Crippen LogP contribution < -0.4 is 14.4 Å². The van der Waals surface area contributed by atoms with Gasteiger partial charge >= 0.3 is 0 Å². The zero-order chi connectivity index (χ0) is 27.5. The number of rotatable bonds is 9. The summed E-state index contributed by atoms with van der Waals surface area (Å²) in [7, 11) is -6.43. The number of carbonyl (C=O) groups excluding carboxylic acids is 1. The number of aryl methyl sites for hydroxylation is 1. The van der Waals surface area contributed by atoms with Crippen LogP contribution in [0.1, 0.15) is 24.0 Å². The first kappa shape index (κ1) is 27.6. The summed E-state index contributed by atoms with van der Waals surface area (Å²) in [5, 5.41) is 2.67. The van der Waals surface area contributed by atoms with E-state index in [4.69, 9.17) is 4.74 Å². The fourth-order valence-corrected chi connectivity index (χ4v) is 7.41. The number of nitrogens with zero attached hydrogens (tertiary/aromatic N) is 2. The van der Waals surface area contributed by atoms with E-state index in [1.807, 2.05) is 13.0 Å². The highest BCUT2D eigenvalue weighted by Gasteiger charge is 2.30. The lowest BCUT2D eigenvalue weighted by Crippen LogP contribution is -2.38. The molecule has 1 saturated heterocycles. The van der Waals surface area contributed by atoms with E-state index >= 15 is 0 Å². The van der Waals surface area contributed by atoms with E-state index in [0.29, 0.717) is 18.8 Å².